The minimum absolute atomic E-state index is 0.264. The maximum Gasteiger partial charge on any atom is 0.314 e. The fourth-order valence-corrected chi connectivity index (χ4v) is 4.21. The van der Waals surface area contributed by atoms with Gasteiger partial charge in [-0.25, -0.2) is 0 Å². The van der Waals surface area contributed by atoms with E-state index in [2.05, 4.69) is 46.5 Å². The zero-order valence-electron chi connectivity index (χ0n) is 16.4. The van der Waals surface area contributed by atoms with Crippen LogP contribution in [0.4, 0.5) is 0 Å². The molecule has 1 atom stereocenters. The number of nitrogens with one attached hydrogen (secondary N) is 3. The third-order valence-electron chi connectivity index (χ3n) is 4.94. The second kappa shape index (κ2) is 8.51. The molecule has 1 amide bonds. The molecule has 0 bridgehead atoms. The SMILES string of the molecule is CCCc1ccc([C@H](NC(=O)c2ccc3[nH]c(=O)c(=O)[nH]c3c2)c2cccs2)cc1. The van der Waals surface area contributed by atoms with Crippen molar-refractivity contribution < 1.29 is 4.79 Å². The van der Waals surface area contributed by atoms with E-state index in [9.17, 15) is 14.4 Å². The van der Waals surface area contributed by atoms with Gasteiger partial charge in [-0.3, -0.25) is 14.4 Å². The lowest BCUT2D eigenvalue weighted by Gasteiger charge is -2.19. The molecular weight excluding hydrogens is 398 g/mol. The highest BCUT2D eigenvalue weighted by atomic mass is 32.1. The number of amides is 1. The van der Waals surface area contributed by atoms with Crippen LogP contribution >= 0.6 is 11.3 Å². The lowest BCUT2D eigenvalue weighted by atomic mass is 10.0. The summed E-state index contributed by atoms with van der Waals surface area (Å²) in [5.74, 6) is -0.264. The van der Waals surface area contributed by atoms with E-state index in [4.69, 9.17) is 0 Å². The van der Waals surface area contributed by atoms with Crippen LogP contribution in [0, 0.1) is 0 Å². The molecule has 2 heterocycles. The molecule has 0 fully saturated rings. The summed E-state index contributed by atoms with van der Waals surface area (Å²) in [6.07, 6.45) is 2.10. The van der Waals surface area contributed by atoms with E-state index in [1.165, 1.54) is 5.56 Å². The number of rotatable bonds is 6. The van der Waals surface area contributed by atoms with Crippen LogP contribution in [-0.4, -0.2) is 15.9 Å². The Bertz CT molecular complexity index is 1290. The molecule has 4 aromatic rings. The van der Waals surface area contributed by atoms with Crippen molar-refractivity contribution in [3.8, 4) is 0 Å². The van der Waals surface area contributed by atoms with Gasteiger partial charge in [0.25, 0.3) is 5.91 Å². The van der Waals surface area contributed by atoms with Crippen LogP contribution in [-0.2, 0) is 6.42 Å². The Morgan fingerprint density at radius 3 is 2.40 bits per heavy atom. The van der Waals surface area contributed by atoms with Crippen molar-refractivity contribution in [2.24, 2.45) is 0 Å². The number of thiophene rings is 1. The van der Waals surface area contributed by atoms with Crippen molar-refractivity contribution >= 4 is 28.3 Å². The smallest absolute Gasteiger partial charge is 0.314 e. The highest BCUT2D eigenvalue weighted by molar-refractivity contribution is 7.10. The number of carbonyl (C=O) groups excluding carboxylic acids is 1. The molecule has 0 aliphatic heterocycles. The standard InChI is InChI=1S/C23H21N3O3S/c1-2-4-14-6-8-15(9-7-14)20(19-5-3-12-30-19)26-21(27)16-10-11-17-18(13-16)25-23(29)22(28)24-17/h3,5-13,20H,2,4H2,1H3,(H,24,28)(H,25,29)(H,26,27)/t20-/m0/s1. The summed E-state index contributed by atoms with van der Waals surface area (Å²) in [5, 5.41) is 5.08. The summed E-state index contributed by atoms with van der Waals surface area (Å²) in [6, 6.07) is 16.8. The molecule has 0 aliphatic rings. The molecule has 0 spiro atoms. The predicted octanol–water partition coefficient (Wildman–Crippen LogP) is 3.75. The van der Waals surface area contributed by atoms with Crippen molar-refractivity contribution in [3.05, 3.63) is 102 Å². The van der Waals surface area contributed by atoms with Crippen LogP contribution in [0.5, 0.6) is 0 Å². The molecule has 30 heavy (non-hydrogen) atoms. The van der Waals surface area contributed by atoms with Gasteiger partial charge in [0, 0.05) is 10.4 Å². The number of carbonyl (C=O) groups is 1. The van der Waals surface area contributed by atoms with Crippen LogP contribution < -0.4 is 16.4 Å². The quantitative estimate of drug-likeness (QED) is 0.416. The molecule has 6 nitrogen and oxygen atoms in total. The van der Waals surface area contributed by atoms with Gasteiger partial charge in [-0.05, 0) is 47.2 Å². The zero-order valence-corrected chi connectivity index (χ0v) is 17.2. The van der Waals surface area contributed by atoms with E-state index in [1.54, 1.807) is 29.5 Å². The van der Waals surface area contributed by atoms with Gasteiger partial charge >= 0.3 is 11.1 Å². The Hall–Kier alpha value is -3.45. The molecular formula is C23H21N3O3S. The molecule has 2 aromatic heterocycles. The number of aromatic amines is 2. The van der Waals surface area contributed by atoms with Crippen LogP contribution in [0.3, 0.4) is 0 Å². The Labute approximate surface area is 176 Å². The molecule has 7 heteroatoms. The summed E-state index contributed by atoms with van der Waals surface area (Å²) >= 11 is 1.58. The first-order valence-corrected chi connectivity index (χ1v) is 10.6. The minimum atomic E-state index is -0.747. The van der Waals surface area contributed by atoms with Crippen LogP contribution in [0.25, 0.3) is 11.0 Å². The monoisotopic (exact) mass is 419 g/mol. The number of hydrogen-bond acceptors (Lipinski definition) is 4. The van der Waals surface area contributed by atoms with E-state index in [0.29, 0.717) is 16.6 Å². The van der Waals surface area contributed by atoms with Crippen LogP contribution in [0.1, 0.15) is 45.7 Å². The fraction of sp³-hybridized carbons (Fsp3) is 0.174. The lowest BCUT2D eigenvalue weighted by molar-refractivity contribution is 0.0943. The first-order valence-electron chi connectivity index (χ1n) is 9.74. The maximum absolute atomic E-state index is 13.0. The van der Waals surface area contributed by atoms with Gasteiger partial charge in [-0.2, -0.15) is 0 Å². The largest absolute Gasteiger partial charge is 0.340 e. The van der Waals surface area contributed by atoms with E-state index in [0.717, 1.165) is 23.3 Å². The second-order valence-electron chi connectivity index (χ2n) is 7.08. The Morgan fingerprint density at radius 1 is 1.00 bits per heavy atom. The van der Waals surface area contributed by atoms with E-state index in [1.807, 2.05) is 17.5 Å². The average Bonchev–Trinajstić information content (AvgIpc) is 3.28. The topological polar surface area (TPSA) is 94.8 Å². The highest BCUT2D eigenvalue weighted by Crippen LogP contribution is 2.27. The van der Waals surface area contributed by atoms with Gasteiger partial charge < -0.3 is 15.3 Å². The summed E-state index contributed by atoms with van der Waals surface area (Å²) in [4.78, 5) is 42.1. The maximum atomic E-state index is 13.0. The molecule has 0 aliphatic carbocycles. The number of fused-ring (bicyclic) bond motifs is 1. The van der Waals surface area contributed by atoms with Crippen molar-refractivity contribution in [1.82, 2.24) is 15.3 Å². The summed E-state index contributed by atoms with van der Waals surface area (Å²) in [7, 11) is 0. The number of aromatic nitrogens is 2. The van der Waals surface area contributed by atoms with Gasteiger partial charge in [0.05, 0.1) is 17.1 Å². The lowest BCUT2D eigenvalue weighted by Crippen LogP contribution is -2.30. The van der Waals surface area contributed by atoms with Gasteiger partial charge in [-0.15, -0.1) is 11.3 Å². The fourth-order valence-electron chi connectivity index (χ4n) is 3.41. The van der Waals surface area contributed by atoms with E-state index < -0.39 is 11.1 Å². The first kappa shape index (κ1) is 19.8. The van der Waals surface area contributed by atoms with Crippen molar-refractivity contribution in [2.45, 2.75) is 25.8 Å². The van der Waals surface area contributed by atoms with E-state index >= 15 is 0 Å². The minimum Gasteiger partial charge on any atom is -0.340 e. The third-order valence-corrected chi connectivity index (χ3v) is 5.88. The van der Waals surface area contributed by atoms with Gasteiger partial charge in [-0.1, -0.05) is 43.7 Å². The van der Waals surface area contributed by atoms with Crippen molar-refractivity contribution in [1.29, 1.82) is 0 Å². The Kier molecular flexibility index (Phi) is 5.63. The summed E-state index contributed by atoms with van der Waals surface area (Å²) < 4.78 is 0. The Morgan fingerprint density at radius 2 is 1.73 bits per heavy atom. The first-order chi connectivity index (χ1) is 14.5. The van der Waals surface area contributed by atoms with Crippen LogP contribution in [0.2, 0.25) is 0 Å². The molecule has 0 unspecified atom stereocenters. The van der Waals surface area contributed by atoms with Crippen molar-refractivity contribution in [3.63, 3.8) is 0 Å². The van der Waals surface area contributed by atoms with Gasteiger partial charge in [0.15, 0.2) is 0 Å². The number of H-pyrrole nitrogens is 2. The zero-order chi connectivity index (χ0) is 21.1. The van der Waals surface area contributed by atoms with E-state index in [-0.39, 0.29) is 11.9 Å². The highest BCUT2D eigenvalue weighted by Gasteiger charge is 2.19. The predicted molar refractivity (Wildman–Crippen MR) is 119 cm³/mol. The number of aryl methyl sites for hydroxylation is 1. The molecule has 0 radical (unpaired) electrons. The van der Waals surface area contributed by atoms with Gasteiger partial charge in [0.1, 0.15) is 0 Å². The normalized spacial score (nSPS) is 12.0. The molecule has 3 N–H and O–H groups in total. The molecule has 2 aromatic carbocycles. The molecule has 152 valence electrons. The van der Waals surface area contributed by atoms with Gasteiger partial charge in [0.2, 0.25) is 0 Å². The summed E-state index contributed by atoms with van der Waals surface area (Å²) in [5.41, 5.74) is 2.08. The second-order valence-corrected chi connectivity index (χ2v) is 8.06. The third kappa shape index (κ3) is 4.11. The summed E-state index contributed by atoms with van der Waals surface area (Å²) in [6.45, 7) is 2.15. The molecule has 0 saturated heterocycles. The number of hydrogen-bond donors (Lipinski definition) is 3. The average molecular weight is 420 g/mol. The molecule has 0 saturated carbocycles. The van der Waals surface area contributed by atoms with Crippen molar-refractivity contribution in [2.75, 3.05) is 0 Å². The Balaban J connectivity index is 1.65. The van der Waals surface area contributed by atoms with Crippen LogP contribution in [0.15, 0.2) is 69.6 Å². The molecule has 4 rings (SSSR count). The number of benzene rings is 2.